The normalized spacial score (nSPS) is 14.2. The SMILES string of the molecule is Cc1cc(C(=O)Nc2ccc(N3CCNC(=O)C3)nc2)ccc1F. The van der Waals surface area contributed by atoms with Crippen molar-refractivity contribution < 1.29 is 14.0 Å². The number of halogens is 1. The zero-order valence-corrected chi connectivity index (χ0v) is 13.2. The van der Waals surface area contributed by atoms with E-state index >= 15 is 0 Å². The fraction of sp³-hybridized carbons (Fsp3) is 0.235. The highest BCUT2D eigenvalue weighted by molar-refractivity contribution is 6.04. The average molecular weight is 328 g/mol. The van der Waals surface area contributed by atoms with Crippen LogP contribution in [-0.2, 0) is 4.79 Å². The molecule has 1 aromatic heterocycles. The molecule has 2 aromatic rings. The zero-order valence-electron chi connectivity index (χ0n) is 13.2. The number of carbonyl (C=O) groups excluding carboxylic acids is 2. The third-order valence-electron chi connectivity index (χ3n) is 3.79. The number of nitrogens with one attached hydrogen (secondary N) is 2. The number of benzene rings is 1. The van der Waals surface area contributed by atoms with E-state index in [1.807, 2.05) is 4.90 Å². The van der Waals surface area contributed by atoms with E-state index in [0.29, 0.717) is 35.7 Å². The van der Waals surface area contributed by atoms with Gasteiger partial charge in [0.15, 0.2) is 0 Å². The van der Waals surface area contributed by atoms with Crippen LogP contribution in [-0.4, -0.2) is 36.4 Å². The Morgan fingerprint density at radius 1 is 1.33 bits per heavy atom. The van der Waals surface area contributed by atoms with E-state index in [0.717, 1.165) is 0 Å². The van der Waals surface area contributed by atoms with Crippen LogP contribution in [0.3, 0.4) is 0 Å². The molecule has 3 rings (SSSR count). The van der Waals surface area contributed by atoms with Gasteiger partial charge in [-0.3, -0.25) is 9.59 Å². The van der Waals surface area contributed by atoms with E-state index in [4.69, 9.17) is 0 Å². The molecule has 1 saturated heterocycles. The molecule has 2 amide bonds. The number of aromatic nitrogens is 1. The molecule has 0 atom stereocenters. The van der Waals surface area contributed by atoms with Gasteiger partial charge in [-0.15, -0.1) is 0 Å². The average Bonchev–Trinajstić information content (AvgIpc) is 2.58. The predicted molar refractivity (Wildman–Crippen MR) is 88.5 cm³/mol. The second kappa shape index (κ2) is 6.66. The summed E-state index contributed by atoms with van der Waals surface area (Å²) >= 11 is 0. The van der Waals surface area contributed by atoms with Crippen LogP contribution < -0.4 is 15.5 Å². The van der Waals surface area contributed by atoms with Crippen LogP contribution in [0.15, 0.2) is 36.5 Å². The standard InChI is InChI=1S/C17H17FN4O2/c1-11-8-12(2-4-14(11)18)17(24)21-13-3-5-15(20-9-13)22-7-6-19-16(23)10-22/h2-5,8-9H,6-7,10H2,1H3,(H,19,23)(H,21,24). The number of amides is 2. The minimum Gasteiger partial charge on any atom is -0.353 e. The molecule has 124 valence electrons. The second-order valence-electron chi connectivity index (χ2n) is 5.59. The Labute approximate surface area is 138 Å². The summed E-state index contributed by atoms with van der Waals surface area (Å²) in [6.07, 6.45) is 1.54. The minimum atomic E-state index is -0.344. The molecule has 0 radical (unpaired) electrons. The molecular formula is C17H17FN4O2. The van der Waals surface area contributed by atoms with Crippen molar-refractivity contribution in [3.05, 3.63) is 53.5 Å². The maximum Gasteiger partial charge on any atom is 0.255 e. The quantitative estimate of drug-likeness (QED) is 0.900. The van der Waals surface area contributed by atoms with E-state index in [-0.39, 0.29) is 24.2 Å². The van der Waals surface area contributed by atoms with Gasteiger partial charge in [0.05, 0.1) is 18.4 Å². The summed E-state index contributed by atoms with van der Waals surface area (Å²) in [6, 6.07) is 7.69. The van der Waals surface area contributed by atoms with Crippen molar-refractivity contribution in [2.75, 3.05) is 29.9 Å². The van der Waals surface area contributed by atoms with Crippen LogP contribution in [0.4, 0.5) is 15.9 Å². The van der Waals surface area contributed by atoms with Crippen LogP contribution in [0, 0.1) is 12.7 Å². The number of aryl methyl sites for hydroxylation is 1. The van der Waals surface area contributed by atoms with Gasteiger partial charge in [0.1, 0.15) is 11.6 Å². The molecule has 0 bridgehead atoms. The molecule has 1 aliphatic heterocycles. The highest BCUT2D eigenvalue weighted by Crippen LogP contribution is 2.16. The third kappa shape index (κ3) is 3.51. The van der Waals surface area contributed by atoms with Crippen molar-refractivity contribution in [1.82, 2.24) is 10.3 Å². The lowest BCUT2D eigenvalue weighted by molar-refractivity contribution is -0.120. The summed E-state index contributed by atoms with van der Waals surface area (Å²) in [5, 5.41) is 5.48. The summed E-state index contributed by atoms with van der Waals surface area (Å²) in [5.74, 6) is -0.0271. The Bertz CT molecular complexity index is 777. The maximum atomic E-state index is 13.3. The van der Waals surface area contributed by atoms with Crippen molar-refractivity contribution in [3.8, 4) is 0 Å². The highest BCUT2D eigenvalue weighted by atomic mass is 19.1. The number of nitrogens with zero attached hydrogens (tertiary/aromatic N) is 2. The first-order valence-electron chi connectivity index (χ1n) is 7.58. The fourth-order valence-electron chi connectivity index (χ4n) is 2.47. The number of hydrogen-bond donors (Lipinski definition) is 2. The molecule has 2 N–H and O–H groups in total. The van der Waals surface area contributed by atoms with Crippen molar-refractivity contribution in [2.45, 2.75) is 6.92 Å². The molecule has 24 heavy (non-hydrogen) atoms. The zero-order chi connectivity index (χ0) is 17.1. The number of anilines is 2. The Morgan fingerprint density at radius 3 is 2.83 bits per heavy atom. The van der Waals surface area contributed by atoms with Gasteiger partial charge in [-0.05, 0) is 42.8 Å². The summed E-state index contributed by atoms with van der Waals surface area (Å²) < 4.78 is 13.3. The molecule has 0 saturated carbocycles. The third-order valence-corrected chi connectivity index (χ3v) is 3.79. The Balaban J connectivity index is 1.68. The Hall–Kier alpha value is -2.96. The van der Waals surface area contributed by atoms with Crippen LogP contribution in [0.25, 0.3) is 0 Å². The highest BCUT2D eigenvalue weighted by Gasteiger charge is 2.17. The molecule has 1 fully saturated rings. The molecule has 1 aliphatic rings. The summed E-state index contributed by atoms with van der Waals surface area (Å²) in [6.45, 7) is 3.16. The lowest BCUT2D eigenvalue weighted by Gasteiger charge is -2.27. The first-order chi connectivity index (χ1) is 11.5. The van der Waals surface area contributed by atoms with E-state index < -0.39 is 0 Å². The largest absolute Gasteiger partial charge is 0.353 e. The van der Waals surface area contributed by atoms with Crippen molar-refractivity contribution in [3.63, 3.8) is 0 Å². The molecule has 0 unspecified atom stereocenters. The van der Waals surface area contributed by atoms with E-state index in [2.05, 4.69) is 15.6 Å². The predicted octanol–water partition coefficient (Wildman–Crippen LogP) is 1.72. The van der Waals surface area contributed by atoms with Crippen molar-refractivity contribution in [1.29, 1.82) is 0 Å². The molecule has 0 spiro atoms. The molecule has 7 heteroatoms. The summed E-state index contributed by atoms with van der Waals surface area (Å²) in [7, 11) is 0. The Kier molecular flexibility index (Phi) is 4.41. The molecule has 0 aliphatic carbocycles. The maximum absolute atomic E-state index is 13.3. The van der Waals surface area contributed by atoms with Gasteiger partial charge in [-0.1, -0.05) is 0 Å². The minimum absolute atomic E-state index is 0.0351. The van der Waals surface area contributed by atoms with Crippen LogP contribution in [0.1, 0.15) is 15.9 Å². The topological polar surface area (TPSA) is 74.3 Å². The molecular weight excluding hydrogens is 311 g/mol. The molecule has 1 aromatic carbocycles. The monoisotopic (exact) mass is 328 g/mol. The van der Waals surface area contributed by atoms with E-state index in [1.54, 1.807) is 19.1 Å². The fourth-order valence-corrected chi connectivity index (χ4v) is 2.47. The number of piperazine rings is 1. The summed E-state index contributed by atoms with van der Waals surface area (Å²) in [5.41, 5.74) is 1.33. The molecule has 2 heterocycles. The van der Waals surface area contributed by atoms with Gasteiger partial charge in [0.25, 0.3) is 5.91 Å². The van der Waals surface area contributed by atoms with Gasteiger partial charge in [-0.25, -0.2) is 9.37 Å². The van der Waals surface area contributed by atoms with Gasteiger partial charge < -0.3 is 15.5 Å². The summed E-state index contributed by atoms with van der Waals surface area (Å²) in [4.78, 5) is 29.7. The number of rotatable bonds is 3. The number of carbonyl (C=O) groups is 2. The van der Waals surface area contributed by atoms with Crippen LogP contribution >= 0.6 is 0 Å². The van der Waals surface area contributed by atoms with Gasteiger partial charge in [0.2, 0.25) is 5.91 Å². The van der Waals surface area contributed by atoms with Crippen LogP contribution in [0.5, 0.6) is 0 Å². The van der Waals surface area contributed by atoms with Crippen molar-refractivity contribution in [2.24, 2.45) is 0 Å². The molecule has 6 nitrogen and oxygen atoms in total. The van der Waals surface area contributed by atoms with Gasteiger partial charge in [0, 0.05) is 18.7 Å². The smallest absolute Gasteiger partial charge is 0.255 e. The number of hydrogen-bond acceptors (Lipinski definition) is 4. The first kappa shape index (κ1) is 15.9. The van der Waals surface area contributed by atoms with E-state index in [9.17, 15) is 14.0 Å². The Morgan fingerprint density at radius 2 is 2.17 bits per heavy atom. The number of pyridine rings is 1. The van der Waals surface area contributed by atoms with E-state index in [1.165, 1.54) is 24.4 Å². The lowest BCUT2D eigenvalue weighted by Crippen LogP contribution is -2.48. The van der Waals surface area contributed by atoms with Gasteiger partial charge >= 0.3 is 0 Å². The van der Waals surface area contributed by atoms with Crippen LogP contribution in [0.2, 0.25) is 0 Å². The second-order valence-corrected chi connectivity index (χ2v) is 5.59. The van der Waals surface area contributed by atoms with Gasteiger partial charge in [-0.2, -0.15) is 0 Å². The van der Waals surface area contributed by atoms with Crippen molar-refractivity contribution >= 4 is 23.3 Å². The lowest BCUT2D eigenvalue weighted by atomic mass is 10.1. The first-order valence-corrected chi connectivity index (χ1v) is 7.58.